The molecule has 0 saturated heterocycles. The molecule has 2 atom stereocenters. The summed E-state index contributed by atoms with van der Waals surface area (Å²) in [7, 11) is 0. The van der Waals surface area contributed by atoms with E-state index in [1.54, 1.807) is 73.7 Å². The Morgan fingerprint density at radius 3 is 2.00 bits per heavy atom. The van der Waals surface area contributed by atoms with Gasteiger partial charge in [0, 0.05) is 0 Å². The first-order valence-electron chi connectivity index (χ1n) is 14.1. The third kappa shape index (κ3) is 8.05. The molecular formula is C33H31F6NO5. The van der Waals surface area contributed by atoms with Crippen molar-refractivity contribution in [1.29, 1.82) is 0 Å². The van der Waals surface area contributed by atoms with Crippen LogP contribution >= 0.6 is 0 Å². The lowest BCUT2D eigenvalue weighted by Gasteiger charge is -2.46. The predicted octanol–water partition coefficient (Wildman–Crippen LogP) is 8.23. The Hall–Kier alpha value is -4.32. The number of rotatable bonds is 9. The number of carbonyl (C=O) groups is 2. The lowest BCUT2D eigenvalue weighted by molar-refractivity contribution is -0.143. The fourth-order valence-electron chi connectivity index (χ4n) is 5.01. The Labute approximate surface area is 256 Å². The van der Waals surface area contributed by atoms with Gasteiger partial charge in [0.2, 0.25) is 0 Å². The first-order valence-corrected chi connectivity index (χ1v) is 14.1. The highest BCUT2D eigenvalue weighted by atomic mass is 19.4. The van der Waals surface area contributed by atoms with Crippen LogP contribution in [0.25, 0.3) is 0 Å². The van der Waals surface area contributed by atoms with Crippen molar-refractivity contribution in [3.63, 3.8) is 0 Å². The van der Waals surface area contributed by atoms with Gasteiger partial charge >= 0.3 is 24.4 Å². The smallest absolute Gasteiger partial charge is 0.416 e. The minimum absolute atomic E-state index is 0.00864. The zero-order valence-corrected chi connectivity index (χ0v) is 24.5. The molecule has 6 nitrogen and oxygen atoms in total. The van der Waals surface area contributed by atoms with Gasteiger partial charge in [-0.15, -0.1) is 0 Å². The molecular weight excluding hydrogens is 604 g/mol. The van der Waals surface area contributed by atoms with Gasteiger partial charge in [-0.3, -0.25) is 4.90 Å². The quantitative estimate of drug-likeness (QED) is 0.175. The Morgan fingerprint density at radius 1 is 0.867 bits per heavy atom. The van der Waals surface area contributed by atoms with Crippen LogP contribution in [0.3, 0.4) is 0 Å². The second-order valence-electron chi connectivity index (χ2n) is 10.5. The number of hydrogen-bond donors (Lipinski definition) is 0. The number of esters is 1. The summed E-state index contributed by atoms with van der Waals surface area (Å²) in [6, 6.07) is 18.7. The molecule has 4 rings (SSSR count). The molecule has 0 aliphatic carbocycles. The summed E-state index contributed by atoms with van der Waals surface area (Å²) in [4.78, 5) is 27.7. The molecule has 12 heteroatoms. The Balaban J connectivity index is 1.72. The predicted molar refractivity (Wildman–Crippen MR) is 152 cm³/mol. The van der Waals surface area contributed by atoms with E-state index in [0.29, 0.717) is 23.3 Å². The highest BCUT2D eigenvalue weighted by molar-refractivity contribution is 5.90. The fourth-order valence-corrected chi connectivity index (χ4v) is 5.01. The number of amides is 1. The molecule has 1 aliphatic heterocycles. The zero-order valence-electron chi connectivity index (χ0n) is 24.5. The Bertz CT molecular complexity index is 1480. The molecule has 3 aromatic rings. The number of carbonyl (C=O) groups excluding carboxylic acids is 2. The summed E-state index contributed by atoms with van der Waals surface area (Å²) in [5.41, 5.74) is -3.21. The van der Waals surface area contributed by atoms with Gasteiger partial charge in [-0.25, -0.2) is 9.59 Å². The molecule has 0 unspecified atom stereocenters. The molecule has 0 saturated carbocycles. The van der Waals surface area contributed by atoms with Crippen LogP contribution in [0.2, 0.25) is 0 Å². The van der Waals surface area contributed by atoms with Crippen LogP contribution < -0.4 is 0 Å². The second-order valence-corrected chi connectivity index (χ2v) is 10.5. The van der Waals surface area contributed by atoms with E-state index in [0.717, 1.165) is 0 Å². The maximum atomic E-state index is 13.7. The molecule has 1 heterocycles. The highest BCUT2D eigenvalue weighted by Crippen LogP contribution is 2.41. The van der Waals surface area contributed by atoms with Crippen LogP contribution in [0.4, 0.5) is 31.1 Å². The van der Waals surface area contributed by atoms with Gasteiger partial charge in [0.15, 0.2) is 0 Å². The van der Waals surface area contributed by atoms with E-state index in [4.69, 9.17) is 14.2 Å². The van der Waals surface area contributed by atoms with E-state index in [1.165, 1.54) is 11.8 Å². The van der Waals surface area contributed by atoms with Crippen LogP contribution in [-0.2, 0) is 43.5 Å². The number of hydrogen-bond acceptors (Lipinski definition) is 5. The van der Waals surface area contributed by atoms with Crippen LogP contribution in [-0.4, -0.2) is 36.7 Å². The minimum atomic E-state index is -5.03. The third-order valence-corrected chi connectivity index (χ3v) is 7.46. The average Bonchev–Trinajstić information content (AvgIpc) is 3.02. The van der Waals surface area contributed by atoms with E-state index >= 15 is 0 Å². The number of ether oxygens (including phenoxy) is 3. The normalized spacial score (nSPS) is 17.8. The standard InChI is InChI=1S/C33H31F6NO5/c1-3-43-29(41)24-14-15-31(26-12-8-5-9-13-26,40(19-24)30(42)44-20-23-10-6-4-7-11-23)21-45-22(2)25-16-27(32(34,35)36)18-28(17-25)33(37,38)39/h4-14,16-18,22H,3,15,19-21H2,1-2H3/t22-,31-/m1/s1. The number of alkyl halides is 6. The summed E-state index contributed by atoms with van der Waals surface area (Å²) < 4.78 is 98.0. The van der Waals surface area contributed by atoms with Crippen molar-refractivity contribution in [1.82, 2.24) is 4.90 Å². The van der Waals surface area contributed by atoms with E-state index in [-0.39, 0.29) is 50.0 Å². The summed E-state index contributed by atoms with van der Waals surface area (Å²) in [5.74, 6) is -0.641. The third-order valence-electron chi connectivity index (χ3n) is 7.46. The summed E-state index contributed by atoms with van der Waals surface area (Å²) >= 11 is 0. The van der Waals surface area contributed by atoms with Crippen LogP contribution in [0.5, 0.6) is 0 Å². The van der Waals surface area contributed by atoms with Crippen molar-refractivity contribution in [2.24, 2.45) is 0 Å². The SMILES string of the molecule is CCOC(=O)C1=CC[C@@](CO[C@H](C)c2cc(C(F)(F)F)cc(C(F)(F)F)c2)(c2ccccc2)N(C(=O)OCc2ccccc2)C1. The van der Waals surface area contributed by atoms with Gasteiger partial charge in [0.1, 0.15) is 6.61 Å². The van der Waals surface area contributed by atoms with E-state index in [9.17, 15) is 35.9 Å². The molecule has 0 bridgehead atoms. The van der Waals surface area contributed by atoms with Crippen molar-refractivity contribution < 1.29 is 50.1 Å². The van der Waals surface area contributed by atoms with Gasteiger partial charge in [-0.2, -0.15) is 26.3 Å². The van der Waals surface area contributed by atoms with Gasteiger partial charge in [0.25, 0.3) is 0 Å². The molecule has 0 aromatic heterocycles. The average molecular weight is 636 g/mol. The van der Waals surface area contributed by atoms with Crippen molar-refractivity contribution >= 4 is 12.1 Å². The monoisotopic (exact) mass is 635 g/mol. The molecule has 0 spiro atoms. The first kappa shape index (κ1) is 33.6. The van der Waals surface area contributed by atoms with Crippen molar-refractivity contribution in [2.75, 3.05) is 19.8 Å². The molecule has 0 radical (unpaired) electrons. The molecule has 0 N–H and O–H groups in total. The van der Waals surface area contributed by atoms with E-state index in [2.05, 4.69) is 0 Å². The molecule has 45 heavy (non-hydrogen) atoms. The lowest BCUT2D eigenvalue weighted by atomic mass is 9.82. The van der Waals surface area contributed by atoms with Crippen molar-refractivity contribution in [3.8, 4) is 0 Å². The topological polar surface area (TPSA) is 65.1 Å². The maximum absolute atomic E-state index is 13.7. The van der Waals surface area contributed by atoms with Gasteiger partial charge in [-0.05, 0) is 55.2 Å². The summed E-state index contributed by atoms with van der Waals surface area (Å²) in [6.07, 6.45) is -10.5. The fraction of sp³-hybridized carbons (Fsp3) is 0.333. The zero-order chi connectivity index (χ0) is 32.8. The van der Waals surface area contributed by atoms with Crippen LogP contribution in [0.15, 0.2) is 90.5 Å². The molecule has 240 valence electrons. The van der Waals surface area contributed by atoms with Gasteiger partial charge < -0.3 is 14.2 Å². The van der Waals surface area contributed by atoms with Crippen LogP contribution in [0.1, 0.15) is 54.2 Å². The van der Waals surface area contributed by atoms with Crippen LogP contribution in [0, 0.1) is 0 Å². The second kappa shape index (κ2) is 13.8. The Kier molecular flexibility index (Phi) is 10.3. The first-order chi connectivity index (χ1) is 21.2. The molecule has 1 aliphatic rings. The van der Waals surface area contributed by atoms with E-state index in [1.807, 2.05) is 0 Å². The number of nitrogens with zero attached hydrogens (tertiary/aromatic N) is 1. The van der Waals surface area contributed by atoms with Gasteiger partial charge in [-0.1, -0.05) is 66.7 Å². The molecule has 0 fully saturated rings. The molecule has 1 amide bonds. The highest BCUT2D eigenvalue weighted by Gasteiger charge is 2.46. The summed E-state index contributed by atoms with van der Waals surface area (Å²) in [5, 5.41) is 0. The van der Waals surface area contributed by atoms with Crippen molar-refractivity contribution in [2.45, 2.75) is 50.9 Å². The Morgan fingerprint density at radius 2 is 1.44 bits per heavy atom. The summed E-state index contributed by atoms with van der Waals surface area (Å²) in [6.45, 7) is 2.35. The lowest BCUT2D eigenvalue weighted by Crippen LogP contribution is -2.55. The van der Waals surface area contributed by atoms with Gasteiger partial charge in [0.05, 0.1) is 48.1 Å². The van der Waals surface area contributed by atoms with Crippen molar-refractivity contribution in [3.05, 3.63) is 118 Å². The largest absolute Gasteiger partial charge is 0.463 e. The maximum Gasteiger partial charge on any atom is 0.416 e. The molecule has 3 aromatic carbocycles. The number of halogens is 6. The number of benzene rings is 3. The van der Waals surface area contributed by atoms with E-state index < -0.39 is 47.2 Å². The minimum Gasteiger partial charge on any atom is -0.463 e.